The van der Waals surface area contributed by atoms with Gasteiger partial charge in [-0.2, -0.15) is 0 Å². The number of hydrogen-bond acceptors (Lipinski definition) is 6. The van der Waals surface area contributed by atoms with Crippen LogP contribution in [0.15, 0.2) is 46.7 Å². The van der Waals surface area contributed by atoms with E-state index in [9.17, 15) is 14.4 Å². The van der Waals surface area contributed by atoms with Gasteiger partial charge in [0.2, 0.25) is 0 Å². The highest BCUT2D eigenvalue weighted by Crippen LogP contribution is 2.22. The monoisotopic (exact) mass is 418 g/mol. The predicted molar refractivity (Wildman–Crippen MR) is 111 cm³/mol. The number of rotatable bonds is 6. The van der Waals surface area contributed by atoms with Crippen LogP contribution in [-0.2, 0) is 14.3 Å². The Morgan fingerprint density at radius 1 is 1.21 bits per heavy atom. The minimum atomic E-state index is -0.378. The Kier molecular flexibility index (Phi) is 7.11. The fraction of sp³-hybridized carbons (Fsp3) is 0.350. The van der Waals surface area contributed by atoms with Gasteiger partial charge in [-0.1, -0.05) is 12.1 Å². The Balaban J connectivity index is 1.41. The van der Waals surface area contributed by atoms with E-state index in [1.54, 1.807) is 28.8 Å². The fourth-order valence-electron chi connectivity index (χ4n) is 3.03. The number of benzene rings is 1. The summed E-state index contributed by atoms with van der Waals surface area (Å²) in [6, 6.07) is 11.1. The molecule has 2 aromatic rings. The fourth-order valence-corrected chi connectivity index (χ4v) is 4.18. The molecule has 0 unspecified atom stereocenters. The summed E-state index contributed by atoms with van der Waals surface area (Å²) in [5.41, 5.74) is 0.674. The van der Waals surface area contributed by atoms with Crippen LogP contribution in [0.5, 0.6) is 0 Å². The highest BCUT2D eigenvalue weighted by molar-refractivity contribution is 7.98. The lowest BCUT2D eigenvalue weighted by Gasteiger charge is -2.30. The van der Waals surface area contributed by atoms with Crippen LogP contribution in [0.1, 0.15) is 22.5 Å². The van der Waals surface area contributed by atoms with Crippen molar-refractivity contribution in [1.29, 1.82) is 0 Å². The number of piperidine rings is 1. The van der Waals surface area contributed by atoms with Crippen molar-refractivity contribution in [2.45, 2.75) is 17.7 Å². The second-order valence-electron chi connectivity index (χ2n) is 6.43. The predicted octanol–water partition coefficient (Wildman–Crippen LogP) is 3.50. The van der Waals surface area contributed by atoms with E-state index in [1.165, 1.54) is 11.3 Å². The SMILES string of the molecule is CSc1cccc(NC(=O)COC(=O)C2CCN(C(=O)c3cccs3)CC2)c1. The smallest absolute Gasteiger partial charge is 0.309 e. The summed E-state index contributed by atoms with van der Waals surface area (Å²) in [6.07, 6.45) is 3.06. The maximum absolute atomic E-state index is 12.3. The molecular weight excluding hydrogens is 396 g/mol. The van der Waals surface area contributed by atoms with Crippen molar-refractivity contribution >= 4 is 46.6 Å². The van der Waals surface area contributed by atoms with Crippen LogP contribution >= 0.6 is 23.1 Å². The average molecular weight is 419 g/mol. The third-order valence-electron chi connectivity index (χ3n) is 4.55. The van der Waals surface area contributed by atoms with Gasteiger partial charge < -0.3 is 15.0 Å². The zero-order chi connectivity index (χ0) is 19.9. The highest BCUT2D eigenvalue weighted by Gasteiger charge is 2.29. The van der Waals surface area contributed by atoms with Crippen molar-refractivity contribution in [2.24, 2.45) is 5.92 Å². The largest absolute Gasteiger partial charge is 0.455 e. The Labute approximate surface area is 172 Å². The lowest BCUT2D eigenvalue weighted by molar-refractivity contribution is -0.152. The summed E-state index contributed by atoms with van der Waals surface area (Å²) in [6.45, 7) is 0.727. The van der Waals surface area contributed by atoms with Crippen LogP contribution in [0.4, 0.5) is 5.69 Å². The van der Waals surface area contributed by atoms with Gasteiger partial charge in [-0.25, -0.2) is 0 Å². The van der Waals surface area contributed by atoms with E-state index in [1.807, 2.05) is 35.9 Å². The van der Waals surface area contributed by atoms with Crippen LogP contribution in [0.3, 0.4) is 0 Å². The lowest BCUT2D eigenvalue weighted by Crippen LogP contribution is -2.40. The van der Waals surface area contributed by atoms with Gasteiger partial charge in [0, 0.05) is 23.7 Å². The van der Waals surface area contributed by atoms with Crippen molar-refractivity contribution in [3.8, 4) is 0 Å². The molecule has 1 N–H and O–H groups in total. The second kappa shape index (κ2) is 9.75. The Morgan fingerprint density at radius 2 is 2.00 bits per heavy atom. The number of anilines is 1. The van der Waals surface area contributed by atoms with Gasteiger partial charge in [0.05, 0.1) is 10.8 Å². The molecule has 148 valence electrons. The van der Waals surface area contributed by atoms with Crippen LogP contribution in [0.25, 0.3) is 0 Å². The molecule has 1 aromatic heterocycles. The van der Waals surface area contributed by atoms with Crippen molar-refractivity contribution in [3.05, 3.63) is 46.7 Å². The molecule has 6 nitrogen and oxygen atoms in total. The van der Waals surface area contributed by atoms with E-state index in [4.69, 9.17) is 4.74 Å². The standard InChI is InChI=1S/C20H22N2O4S2/c1-27-16-5-2-4-15(12-16)21-18(23)13-26-20(25)14-7-9-22(10-8-14)19(24)17-6-3-11-28-17/h2-6,11-12,14H,7-10,13H2,1H3,(H,21,23). The van der Waals surface area contributed by atoms with Gasteiger partial charge in [-0.15, -0.1) is 23.1 Å². The molecule has 0 radical (unpaired) electrons. The Bertz CT molecular complexity index is 830. The molecule has 0 aliphatic carbocycles. The number of nitrogens with zero attached hydrogens (tertiary/aromatic N) is 1. The normalized spacial score (nSPS) is 14.5. The zero-order valence-corrected chi connectivity index (χ0v) is 17.2. The van der Waals surface area contributed by atoms with Gasteiger partial charge in [0.1, 0.15) is 0 Å². The van der Waals surface area contributed by atoms with Crippen molar-refractivity contribution in [1.82, 2.24) is 4.90 Å². The van der Waals surface area contributed by atoms with Gasteiger partial charge in [0.15, 0.2) is 6.61 Å². The minimum Gasteiger partial charge on any atom is -0.455 e. The third kappa shape index (κ3) is 5.36. The summed E-state index contributed by atoms with van der Waals surface area (Å²) in [4.78, 5) is 40.1. The third-order valence-corrected chi connectivity index (χ3v) is 6.13. The molecule has 1 aliphatic rings. The molecule has 8 heteroatoms. The first kappa shape index (κ1) is 20.4. The van der Waals surface area contributed by atoms with Crippen LogP contribution in [-0.4, -0.2) is 48.6 Å². The van der Waals surface area contributed by atoms with Gasteiger partial charge in [-0.3, -0.25) is 14.4 Å². The molecular formula is C20H22N2O4S2. The topological polar surface area (TPSA) is 75.7 Å². The molecule has 0 spiro atoms. The van der Waals surface area contributed by atoms with Gasteiger partial charge in [0.25, 0.3) is 11.8 Å². The summed E-state index contributed by atoms with van der Waals surface area (Å²) in [5.74, 6) is -1.01. The lowest BCUT2D eigenvalue weighted by atomic mass is 9.97. The number of ether oxygens (including phenoxy) is 1. The zero-order valence-electron chi connectivity index (χ0n) is 15.6. The number of carbonyl (C=O) groups is 3. The molecule has 3 rings (SSSR count). The van der Waals surface area contributed by atoms with E-state index in [2.05, 4.69) is 5.32 Å². The number of likely N-dealkylation sites (tertiary alicyclic amines) is 1. The number of thiophene rings is 1. The molecule has 2 amide bonds. The van der Waals surface area contributed by atoms with Gasteiger partial charge in [-0.05, 0) is 48.7 Å². The van der Waals surface area contributed by atoms with E-state index >= 15 is 0 Å². The summed E-state index contributed by atoms with van der Waals surface area (Å²) in [5, 5.41) is 4.61. The quantitative estimate of drug-likeness (QED) is 0.574. The summed E-state index contributed by atoms with van der Waals surface area (Å²) < 4.78 is 5.18. The Hall–Kier alpha value is -2.32. The first-order valence-corrected chi connectivity index (χ1v) is 11.1. The average Bonchev–Trinajstić information content (AvgIpc) is 3.26. The van der Waals surface area contributed by atoms with E-state index in [0.717, 1.165) is 4.90 Å². The molecule has 28 heavy (non-hydrogen) atoms. The number of hydrogen-bond donors (Lipinski definition) is 1. The van der Waals surface area contributed by atoms with Crippen molar-refractivity contribution in [2.75, 3.05) is 31.3 Å². The van der Waals surface area contributed by atoms with Crippen LogP contribution < -0.4 is 5.32 Å². The number of amides is 2. The van der Waals surface area contributed by atoms with E-state index in [-0.39, 0.29) is 30.3 Å². The maximum atomic E-state index is 12.3. The number of thioether (sulfide) groups is 1. The Morgan fingerprint density at radius 3 is 2.68 bits per heavy atom. The van der Waals surface area contributed by atoms with Crippen molar-refractivity contribution < 1.29 is 19.1 Å². The summed E-state index contributed by atoms with van der Waals surface area (Å²) in [7, 11) is 0. The highest BCUT2D eigenvalue weighted by atomic mass is 32.2. The molecule has 1 aromatic carbocycles. The van der Waals surface area contributed by atoms with E-state index in [0.29, 0.717) is 36.5 Å². The number of nitrogens with one attached hydrogen (secondary N) is 1. The molecule has 2 heterocycles. The van der Waals surface area contributed by atoms with Gasteiger partial charge >= 0.3 is 5.97 Å². The van der Waals surface area contributed by atoms with E-state index < -0.39 is 0 Å². The number of esters is 1. The van der Waals surface area contributed by atoms with Crippen LogP contribution in [0.2, 0.25) is 0 Å². The molecule has 0 saturated carbocycles. The first-order chi connectivity index (χ1) is 13.6. The minimum absolute atomic E-state index is 0.00803. The molecule has 1 saturated heterocycles. The second-order valence-corrected chi connectivity index (χ2v) is 8.26. The van der Waals surface area contributed by atoms with Crippen molar-refractivity contribution in [3.63, 3.8) is 0 Å². The van der Waals surface area contributed by atoms with Crippen LogP contribution in [0, 0.1) is 5.92 Å². The molecule has 0 bridgehead atoms. The maximum Gasteiger partial charge on any atom is 0.309 e. The summed E-state index contributed by atoms with van der Waals surface area (Å²) >= 11 is 3.00. The molecule has 1 fully saturated rings. The number of carbonyl (C=O) groups excluding carboxylic acids is 3. The molecule has 1 aliphatic heterocycles. The molecule has 0 atom stereocenters. The first-order valence-electron chi connectivity index (χ1n) is 9.00.